The van der Waals surface area contributed by atoms with Gasteiger partial charge in [-0.05, 0) is 37.8 Å². The lowest BCUT2D eigenvalue weighted by Crippen LogP contribution is -2.16. The molecule has 1 atom stereocenters. The third-order valence-electron chi connectivity index (χ3n) is 2.73. The van der Waals surface area contributed by atoms with E-state index in [1.54, 1.807) is 0 Å². The maximum atomic E-state index is 9.97. The fourth-order valence-electron chi connectivity index (χ4n) is 1.92. The van der Waals surface area contributed by atoms with Crippen LogP contribution in [0.4, 0.5) is 0 Å². The van der Waals surface area contributed by atoms with Crippen LogP contribution in [0.3, 0.4) is 0 Å². The van der Waals surface area contributed by atoms with Gasteiger partial charge in [0.1, 0.15) is 0 Å². The van der Waals surface area contributed by atoms with Crippen LogP contribution >= 0.6 is 0 Å². The summed E-state index contributed by atoms with van der Waals surface area (Å²) in [5, 5.41) is 9.97. The zero-order valence-corrected chi connectivity index (χ0v) is 7.59. The van der Waals surface area contributed by atoms with Gasteiger partial charge in [-0.25, -0.2) is 0 Å². The van der Waals surface area contributed by atoms with Gasteiger partial charge in [0.05, 0.1) is 5.60 Å². The van der Waals surface area contributed by atoms with Gasteiger partial charge in [0, 0.05) is 0 Å². The van der Waals surface area contributed by atoms with Gasteiger partial charge in [-0.2, -0.15) is 0 Å². The highest BCUT2D eigenvalue weighted by Gasteiger charge is 2.31. The molecule has 1 unspecified atom stereocenters. The smallest absolute Gasteiger partial charge is 0.0874 e. The summed E-state index contributed by atoms with van der Waals surface area (Å²) in [5.74, 6) is 0. The first-order valence-corrected chi connectivity index (χ1v) is 4.42. The second kappa shape index (κ2) is 2.33. The van der Waals surface area contributed by atoms with E-state index in [0.29, 0.717) is 0 Å². The molecule has 1 aliphatic carbocycles. The lowest BCUT2D eigenvalue weighted by Gasteiger charge is -2.17. The first-order chi connectivity index (χ1) is 5.59. The Morgan fingerprint density at radius 3 is 2.92 bits per heavy atom. The van der Waals surface area contributed by atoms with Crippen molar-refractivity contribution in [2.24, 2.45) is 0 Å². The molecule has 1 aromatic rings. The average Bonchev–Trinajstić information content (AvgIpc) is 2.28. The molecule has 0 saturated carbocycles. The molecule has 0 aromatic heterocycles. The molecule has 0 fully saturated rings. The van der Waals surface area contributed by atoms with Crippen molar-refractivity contribution >= 4 is 0 Å². The molecule has 0 radical (unpaired) electrons. The van der Waals surface area contributed by atoms with Crippen LogP contribution in [0.2, 0.25) is 0 Å². The summed E-state index contributed by atoms with van der Waals surface area (Å²) in [7, 11) is 0. The Morgan fingerprint density at radius 1 is 1.42 bits per heavy atom. The van der Waals surface area contributed by atoms with E-state index < -0.39 is 5.60 Å². The highest BCUT2D eigenvalue weighted by molar-refractivity contribution is 5.39. The third-order valence-corrected chi connectivity index (χ3v) is 2.73. The zero-order chi connectivity index (χ0) is 8.77. The van der Waals surface area contributed by atoms with Crippen molar-refractivity contribution in [3.63, 3.8) is 0 Å². The van der Waals surface area contributed by atoms with E-state index in [4.69, 9.17) is 0 Å². The van der Waals surface area contributed by atoms with Gasteiger partial charge in [-0.3, -0.25) is 0 Å². The second-order valence-corrected chi connectivity index (χ2v) is 3.93. The minimum absolute atomic E-state index is 0.582. The van der Waals surface area contributed by atoms with E-state index in [1.165, 1.54) is 11.1 Å². The summed E-state index contributed by atoms with van der Waals surface area (Å²) in [4.78, 5) is 0. The highest BCUT2D eigenvalue weighted by atomic mass is 16.3. The monoisotopic (exact) mass is 162 g/mol. The zero-order valence-electron chi connectivity index (χ0n) is 7.59. The van der Waals surface area contributed by atoms with Crippen molar-refractivity contribution in [1.82, 2.24) is 0 Å². The van der Waals surface area contributed by atoms with Crippen LogP contribution in [0, 0.1) is 6.92 Å². The molecule has 1 nitrogen and oxygen atoms in total. The first-order valence-electron chi connectivity index (χ1n) is 4.42. The first kappa shape index (κ1) is 7.81. The standard InChI is InChI=1S/C11H14O/c1-8-3-4-9-5-6-11(2,12)10(9)7-8/h3-4,7,12H,5-6H2,1-2H3. The van der Waals surface area contributed by atoms with Crippen molar-refractivity contribution in [3.8, 4) is 0 Å². The van der Waals surface area contributed by atoms with Gasteiger partial charge >= 0.3 is 0 Å². The number of aliphatic hydroxyl groups is 1. The predicted molar refractivity (Wildman–Crippen MR) is 49.1 cm³/mol. The van der Waals surface area contributed by atoms with Crippen molar-refractivity contribution in [1.29, 1.82) is 0 Å². The van der Waals surface area contributed by atoms with E-state index in [-0.39, 0.29) is 0 Å². The Balaban J connectivity index is 2.57. The van der Waals surface area contributed by atoms with Crippen LogP contribution < -0.4 is 0 Å². The Morgan fingerprint density at radius 2 is 2.17 bits per heavy atom. The molecule has 2 rings (SSSR count). The van der Waals surface area contributed by atoms with E-state index in [9.17, 15) is 5.11 Å². The molecule has 1 N–H and O–H groups in total. The van der Waals surface area contributed by atoms with Gasteiger partial charge < -0.3 is 5.11 Å². The Hall–Kier alpha value is -0.820. The minimum Gasteiger partial charge on any atom is -0.385 e. The fourth-order valence-corrected chi connectivity index (χ4v) is 1.92. The maximum absolute atomic E-state index is 9.97. The van der Waals surface area contributed by atoms with Gasteiger partial charge in [-0.15, -0.1) is 0 Å². The molecule has 0 spiro atoms. The van der Waals surface area contributed by atoms with Crippen molar-refractivity contribution in [2.45, 2.75) is 32.3 Å². The molecule has 0 saturated heterocycles. The number of hydrogen-bond acceptors (Lipinski definition) is 1. The van der Waals surface area contributed by atoms with E-state index in [0.717, 1.165) is 18.4 Å². The molecule has 0 bridgehead atoms. The maximum Gasteiger partial charge on any atom is 0.0874 e. The molecular weight excluding hydrogens is 148 g/mol. The van der Waals surface area contributed by atoms with Crippen LogP contribution in [0.15, 0.2) is 18.2 Å². The van der Waals surface area contributed by atoms with Crippen LogP contribution in [-0.4, -0.2) is 5.11 Å². The SMILES string of the molecule is Cc1ccc2c(c1)C(C)(O)CC2. The van der Waals surface area contributed by atoms with E-state index in [2.05, 4.69) is 25.1 Å². The van der Waals surface area contributed by atoms with Crippen molar-refractivity contribution < 1.29 is 5.11 Å². The minimum atomic E-state index is -0.582. The van der Waals surface area contributed by atoms with Crippen LogP contribution in [0.25, 0.3) is 0 Å². The normalized spacial score (nSPS) is 27.2. The van der Waals surface area contributed by atoms with Gasteiger partial charge in [-0.1, -0.05) is 23.8 Å². The Kier molecular flexibility index (Phi) is 1.52. The van der Waals surface area contributed by atoms with Crippen LogP contribution in [0.5, 0.6) is 0 Å². The number of rotatable bonds is 0. The summed E-state index contributed by atoms with van der Waals surface area (Å²) in [6, 6.07) is 6.34. The summed E-state index contributed by atoms with van der Waals surface area (Å²) < 4.78 is 0. The highest BCUT2D eigenvalue weighted by Crippen LogP contribution is 2.36. The Labute approximate surface area is 73.0 Å². The molecule has 0 amide bonds. The van der Waals surface area contributed by atoms with Gasteiger partial charge in [0.25, 0.3) is 0 Å². The molecule has 0 aliphatic heterocycles. The van der Waals surface area contributed by atoms with Gasteiger partial charge in [0.15, 0.2) is 0 Å². The molecule has 64 valence electrons. The second-order valence-electron chi connectivity index (χ2n) is 3.93. The molecule has 1 aliphatic rings. The number of benzene rings is 1. The van der Waals surface area contributed by atoms with E-state index >= 15 is 0 Å². The number of fused-ring (bicyclic) bond motifs is 1. The summed E-state index contributed by atoms with van der Waals surface area (Å²) >= 11 is 0. The quantitative estimate of drug-likeness (QED) is 0.619. The third kappa shape index (κ3) is 1.05. The van der Waals surface area contributed by atoms with Gasteiger partial charge in [0.2, 0.25) is 0 Å². The fraction of sp³-hybridized carbons (Fsp3) is 0.455. The van der Waals surface area contributed by atoms with Crippen molar-refractivity contribution in [3.05, 3.63) is 34.9 Å². The molecule has 1 aromatic carbocycles. The molecule has 12 heavy (non-hydrogen) atoms. The van der Waals surface area contributed by atoms with Crippen molar-refractivity contribution in [2.75, 3.05) is 0 Å². The average molecular weight is 162 g/mol. The number of hydrogen-bond donors (Lipinski definition) is 1. The molecule has 0 heterocycles. The molecule has 1 heteroatoms. The Bertz CT molecular complexity index is 313. The summed E-state index contributed by atoms with van der Waals surface area (Å²) in [6.07, 6.45) is 1.88. The summed E-state index contributed by atoms with van der Waals surface area (Å²) in [6.45, 7) is 3.97. The predicted octanol–water partition coefficient (Wildman–Crippen LogP) is 2.15. The topological polar surface area (TPSA) is 20.2 Å². The number of aryl methyl sites for hydroxylation is 2. The van der Waals surface area contributed by atoms with Crippen LogP contribution in [-0.2, 0) is 12.0 Å². The summed E-state index contributed by atoms with van der Waals surface area (Å²) in [5.41, 5.74) is 3.09. The van der Waals surface area contributed by atoms with Crippen LogP contribution in [0.1, 0.15) is 30.0 Å². The lowest BCUT2D eigenvalue weighted by molar-refractivity contribution is 0.0594. The largest absolute Gasteiger partial charge is 0.385 e. The van der Waals surface area contributed by atoms with E-state index in [1.807, 2.05) is 6.92 Å². The molecular formula is C11H14O. The lowest BCUT2D eigenvalue weighted by atomic mass is 9.97.